The molecule has 1 aliphatic rings. The lowest BCUT2D eigenvalue weighted by molar-refractivity contribution is -0.0274. The van der Waals surface area contributed by atoms with Crippen LogP contribution in [-0.4, -0.2) is 37.1 Å². The Morgan fingerprint density at radius 1 is 1.55 bits per heavy atom. The van der Waals surface area contributed by atoms with Gasteiger partial charge < -0.3 is 19.9 Å². The average Bonchev–Trinajstić information content (AvgIpc) is 2.76. The van der Waals surface area contributed by atoms with Crippen LogP contribution in [0.1, 0.15) is 37.4 Å². The van der Waals surface area contributed by atoms with Gasteiger partial charge in [-0.1, -0.05) is 12.1 Å². The molecule has 0 saturated carbocycles. The fourth-order valence-corrected chi connectivity index (χ4v) is 2.62. The fraction of sp³-hybridized carbons (Fsp3) is 0.625. The third kappa shape index (κ3) is 3.14. The maximum absolute atomic E-state index is 10.5. The van der Waals surface area contributed by atoms with Crippen LogP contribution in [0.15, 0.2) is 18.2 Å². The van der Waals surface area contributed by atoms with E-state index in [1.165, 1.54) is 5.56 Å². The van der Waals surface area contributed by atoms with Crippen molar-refractivity contribution >= 4 is 0 Å². The molecule has 1 aromatic rings. The molecule has 0 bridgehead atoms. The summed E-state index contributed by atoms with van der Waals surface area (Å²) >= 11 is 0. The van der Waals surface area contributed by atoms with Crippen LogP contribution in [0.25, 0.3) is 0 Å². The summed E-state index contributed by atoms with van der Waals surface area (Å²) in [6, 6.07) is 6.29. The molecule has 112 valence electrons. The fourth-order valence-electron chi connectivity index (χ4n) is 2.62. The monoisotopic (exact) mass is 279 g/mol. The zero-order valence-corrected chi connectivity index (χ0v) is 12.8. The molecule has 4 heteroatoms. The highest BCUT2D eigenvalue weighted by Crippen LogP contribution is 2.29. The summed E-state index contributed by atoms with van der Waals surface area (Å²) in [4.78, 5) is 0. The van der Waals surface area contributed by atoms with Gasteiger partial charge in [0.15, 0.2) is 0 Å². The standard InChI is InChI=1S/C16H25NO3/c1-11-5-6-14(15(9-11)19-4)12(2)17-10-16(18)7-8-20-13(16)3/h5-6,9,12-13,17-18H,7-8,10H2,1-4H3. The van der Waals surface area contributed by atoms with E-state index in [1.54, 1.807) is 7.11 Å². The number of aryl methyl sites for hydroxylation is 1. The normalized spacial score (nSPS) is 27.6. The molecule has 2 N–H and O–H groups in total. The van der Waals surface area contributed by atoms with Gasteiger partial charge in [-0.2, -0.15) is 0 Å². The molecule has 0 aromatic heterocycles. The number of rotatable bonds is 5. The number of hydrogen-bond donors (Lipinski definition) is 2. The molecule has 3 unspecified atom stereocenters. The van der Waals surface area contributed by atoms with Crippen LogP contribution in [0, 0.1) is 6.92 Å². The average molecular weight is 279 g/mol. The van der Waals surface area contributed by atoms with E-state index in [9.17, 15) is 5.11 Å². The van der Waals surface area contributed by atoms with Crippen molar-refractivity contribution in [1.82, 2.24) is 5.32 Å². The molecule has 1 heterocycles. The summed E-state index contributed by atoms with van der Waals surface area (Å²) < 4.78 is 10.9. The van der Waals surface area contributed by atoms with Crippen LogP contribution < -0.4 is 10.1 Å². The molecule has 3 atom stereocenters. The second kappa shape index (κ2) is 6.12. The molecule has 2 rings (SSSR count). The zero-order chi connectivity index (χ0) is 14.8. The second-order valence-electron chi connectivity index (χ2n) is 5.71. The number of benzene rings is 1. The van der Waals surface area contributed by atoms with E-state index in [2.05, 4.69) is 24.4 Å². The van der Waals surface area contributed by atoms with Crippen molar-refractivity contribution in [3.05, 3.63) is 29.3 Å². The predicted molar refractivity (Wildman–Crippen MR) is 79.1 cm³/mol. The first-order valence-corrected chi connectivity index (χ1v) is 7.18. The molecular formula is C16H25NO3. The van der Waals surface area contributed by atoms with Crippen LogP contribution in [0.3, 0.4) is 0 Å². The predicted octanol–water partition coefficient (Wildman–Crippen LogP) is 2.19. The minimum absolute atomic E-state index is 0.113. The van der Waals surface area contributed by atoms with Gasteiger partial charge in [-0.05, 0) is 32.4 Å². The van der Waals surface area contributed by atoms with Crippen molar-refractivity contribution in [2.45, 2.75) is 44.9 Å². The van der Waals surface area contributed by atoms with E-state index in [0.29, 0.717) is 19.6 Å². The molecule has 0 radical (unpaired) electrons. The Morgan fingerprint density at radius 3 is 2.90 bits per heavy atom. The lowest BCUT2D eigenvalue weighted by Gasteiger charge is -2.28. The van der Waals surface area contributed by atoms with Crippen LogP contribution in [0.4, 0.5) is 0 Å². The summed E-state index contributed by atoms with van der Waals surface area (Å²) in [6.45, 7) is 7.20. The van der Waals surface area contributed by atoms with Gasteiger partial charge in [0.05, 0.1) is 13.2 Å². The number of ether oxygens (including phenoxy) is 2. The molecular weight excluding hydrogens is 254 g/mol. The third-order valence-corrected chi connectivity index (χ3v) is 4.23. The van der Waals surface area contributed by atoms with E-state index < -0.39 is 5.60 Å². The molecule has 1 saturated heterocycles. The van der Waals surface area contributed by atoms with Gasteiger partial charge in [-0.3, -0.25) is 0 Å². The van der Waals surface area contributed by atoms with Crippen molar-refractivity contribution < 1.29 is 14.6 Å². The van der Waals surface area contributed by atoms with Crippen molar-refractivity contribution in [3.8, 4) is 5.75 Å². The van der Waals surface area contributed by atoms with Gasteiger partial charge in [0, 0.05) is 31.2 Å². The largest absolute Gasteiger partial charge is 0.496 e. The number of methoxy groups -OCH3 is 1. The third-order valence-electron chi connectivity index (χ3n) is 4.23. The minimum atomic E-state index is -0.772. The SMILES string of the molecule is COc1cc(C)ccc1C(C)NCC1(O)CCOC1C. The Hall–Kier alpha value is -1.10. The van der Waals surface area contributed by atoms with Gasteiger partial charge in [0.2, 0.25) is 0 Å². The van der Waals surface area contributed by atoms with Gasteiger partial charge in [0.25, 0.3) is 0 Å². The highest BCUT2D eigenvalue weighted by atomic mass is 16.5. The van der Waals surface area contributed by atoms with Gasteiger partial charge >= 0.3 is 0 Å². The smallest absolute Gasteiger partial charge is 0.123 e. The summed E-state index contributed by atoms with van der Waals surface area (Å²) in [7, 11) is 1.69. The Kier molecular flexibility index (Phi) is 4.68. The summed E-state index contributed by atoms with van der Waals surface area (Å²) in [5.41, 5.74) is 1.51. The quantitative estimate of drug-likeness (QED) is 0.867. The molecule has 0 amide bonds. The first-order chi connectivity index (χ1) is 9.46. The summed E-state index contributed by atoms with van der Waals surface area (Å²) in [5, 5.41) is 13.9. The van der Waals surface area contributed by atoms with Gasteiger partial charge in [-0.15, -0.1) is 0 Å². The van der Waals surface area contributed by atoms with E-state index in [0.717, 1.165) is 11.3 Å². The van der Waals surface area contributed by atoms with E-state index in [-0.39, 0.29) is 12.1 Å². The van der Waals surface area contributed by atoms with E-state index in [4.69, 9.17) is 9.47 Å². The number of hydrogen-bond acceptors (Lipinski definition) is 4. The number of nitrogens with one attached hydrogen (secondary N) is 1. The molecule has 0 aliphatic carbocycles. The molecule has 1 aliphatic heterocycles. The van der Waals surface area contributed by atoms with Crippen molar-refractivity contribution in [2.75, 3.05) is 20.3 Å². The molecule has 0 spiro atoms. The first-order valence-electron chi connectivity index (χ1n) is 7.18. The lowest BCUT2D eigenvalue weighted by atomic mass is 9.95. The van der Waals surface area contributed by atoms with Gasteiger partial charge in [-0.25, -0.2) is 0 Å². The minimum Gasteiger partial charge on any atom is -0.496 e. The van der Waals surface area contributed by atoms with Crippen molar-refractivity contribution in [3.63, 3.8) is 0 Å². The van der Waals surface area contributed by atoms with E-state index >= 15 is 0 Å². The Labute approximate surface area is 121 Å². The molecule has 20 heavy (non-hydrogen) atoms. The number of aliphatic hydroxyl groups is 1. The first kappa shape index (κ1) is 15.3. The van der Waals surface area contributed by atoms with Crippen LogP contribution >= 0.6 is 0 Å². The maximum atomic E-state index is 10.5. The zero-order valence-electron chi connectivity index (χ0n) is 12.8. The van der Waals surface area contributed by atoms with Crippen LogP contribution in [-0.2, 0) is 4.74 Å². The molecule has 1 fully saturated rings. The molecule has 4 nitrogen and oxygen atoms in total. The maximum Gasteiger partial charge on any atom is 0.123 e. The second-order valence-corrected chi connectivity index (χ2v) is 5.71. The van der Waals surface area contributed by atoms with Crippen molar-refractivity contribution in [1.29, 1.82) is 0 Å². The Balaban J connectivity index is 2.03. The Bertz CT molecular complexity index is 463. The molecule has 1 aromatic carbocycles. The van der Waals surface area contributed by atoms with Gasteiger partial charge in [0.1, 0.15) is 11.4 Å². The highest BCUT2D eigenvalue weighted by molar-refractivity contribution is 5.39. The summed E-state index contributed by atoms with van der Waals surface area (Å²) in [6.07, 6.45) is 0.556. The lowest BCUT2D eigenvalue weighted by Crippen LogP contribution is -2.46. The van der Waals surface area contributed by atoms with E-state index in [1.807, 2.05) is 19.9 Å². The highest BCUT2D eigenvalue weighted by Gasteiger charge is 2.39. The topological polar surface area (TPSA) is 50.7 Å². The summed E-state index contributed by atoms with van der Waals surface area (Å²) in [5.74, 6) is 0.882. The van der Waals surface area contributed by atoms with Crippen LogP contribution in [0.2, 0.25) is 0 Å². The van der Waals surface area contributed by atoms with Crippen molar-refractivity contribution in [2.24, 2.45) is 0 Å². The Morgan fingerprint density at radius 2 is 2.30 bits per heavy atom. The van der Waals surface area contributed by atoms with Crippen LogP contribution in [0.5, 0.6) is 5.75 Å².